The average molecular weight is 340 g/mol. The van der Waals surface area contributed by atoms with E-state index in [0.29, 0.717) is 18.6 Å². The van der Waals surface area contributed by atoms with Crippen molar-refractivity contribution in [1.82, 2.24) is 4.90 Å². The van der Waals surface area contributed by atoms with Crippen LogP contribution in [0.4, 0.5) is 0 Å². The van der Waals surface area contributed by atoms with Gasteiger partial charge in [0.05, 0.1) is 11.8 Å². The third-order valence-electron chi connectivity index (χ3n) is 3.98. The zero-order valence-electron chi connectivity index (χ0n) is 12.8. The van der Waals surface area contributed by atoms with Gasteiger partial charge in [0.1, 0.15) is 0 Å². The smallest absolute Gasteiger partial charge is 0.304 e. The number of benzene rings is 1. The van der Waals surface area contributed by atoms with Gasteiger partial charge in [-0.3, -0.25) is 19.3 Å². The van der Waals surface area contributed by atoms with Crippen molar-refractivity contribution in [3.63, 3.8) is 0 Å². The van der Waals surface area contributed by atoms with Crippen LogP contribution in [0.3, 0.4) is 0 Å². The van der Waals surface area contributed by atoms with Gasteiger partial charge in [-0.1, -0.05) is 29.8 Å². The van der Waals surface area contributed by atoms with Gasteiger partial charge in [-0.15, -0.1) is 0 Å². The molecule has 1 aliphatic rings. The molecule has 124 valence electrons. The highest BCUT2D eigenvalue weighted by molar-refractivity contribution is 6.32. The molecule has 23 heavy (non-hydrogen) atoms. The minimum absolute atomic E-state index is 0.186. The highest BCUT2D eigenvalue weighted by Gasteiger charge is 2.54. The highest BCUT2D eigenvalue weighted by atomic mass is 35.5. The molecule has 1 saturated heterocycles. The van der Waals surface area contributed by atoms with Crippen molar-refractivity contribution in [2.75, 3.05) is 20.3 Å². The lowest BCUT2D eigenvalue weighted by Gasteiger charge is -2.26. The Morgan fingerprint density at radius 3 is 2.70 bits per heavy atom. The predicted molar refractivity (Wildman–Crippen MR) is 83.2 cm³/mol. The van der Waals surface area contributed by atoms with Crippen molar-refractivity contribution in [2.45, 2.75) is 24.7 Å². The maximum atomic E-state index is 12.9. The Morgan fingerprint density at radius 1 is 1.39 bits per heavy atom. The molecule has 0 saturated carbocycles. The lowest BCUT2D eigenvalue weighted by atomic mass is 9.76. The summed E-state index contributed by atoms with van der Waals surface area (Å²) in [7, 11) is 1.53. The van der Waals surface area contributed by atoms with Gasteiger partial charge in [-0.2, -0.15) is 0 Å². The lowest BCUT2D eigenvalue weighted by molar-refractivity contribution is -0.145. The molecule has 1 unspecified atom stereocenters. The maximum Gasteiger partial charge on any atom is 0.304 e. The normalized spacial score (nSPS) is 21.0. The van der Waals surface area contributed by atoms with Crippen LogP contribution in [0.5, 0.6) is 0 Å². The van der Waals surface area contributed by atoms with E-state index in [-0.39, 0.29) is 23.9 Å². The third kappa shape index (κ3) is 3.38. The number of likely N-dealkylation sites (tertiary alicyclic amines) is 1. The van der Waals surface area contributed by atoms with Crippen LogP contribution in [0.15, 0.2) is 24.3 Å². The standard InChI is InChI=1S/C16H18ClNO5/c1-23-8-4-7-18-13(19)9-16(15(18)22,10-14(20)21)11-5-2-3-6-12(11)17/h2-3,5-6H,4,7-10H2,1H3,(H,20,21). The number of methoxy groups -OCH3 is 1. The Kier molecular flexibility index (Phi) is 5.38. The van der Waals surface area contributed by atoms with Crippen molar-refractivity contribution in [3.8, 4) is 0 Å². The number of rotatable bonds is 7. The summed E-state index contributed by atoms with van der Waals surface area (Å²) in [6.07, 6.45) is -0.156. The quantitative estimate of drug-likeness (QED) is 0.605. The Balaban J connectivity index is 2.40. The largest absolute Gasteiger partial charge is 0.481 e. The zero-order chi connectivity index (χ0) is 17.0. The van der Waals surface area contributed by atoms with Gasteiger partial charge in [-0.25, -0.2) is 0 Å². The molecule has 2 amide bonds. The Labute approximate surface area is 139 Å². The molecule has 0 radical (unpaired) electrons. The van der Waals surface area contributed by atoms with E-state index in [2.05, 4.69) is 0 Å². The van der Waals surface area contributed by atoms with Crippen LogP contribution in [-0.2, 0) is 24.5 Å². The summed E-state index contributed by atoms with van der Waals surface area (Å²) in [5, 5.41) is 9.54. The number of aliphatic carboxylic acids is 1. The SMILES string of the molecule is COCCCN1C(=O)CC(CC(=O)O)(c2ccccc2Cl)C1=O. The number of carboxylic acid groups (broad SMARTS) is 1. The van der Waals surface area contributed by atoms with Gasteiger partial charge < -0.3 is 9.84 Å². The summed E-state index contributed by atoms with van der Waals surface area (Å²) in [6, 6.07) is 6.56. The van der Waals surface area contributed by atoms with E-state index < -0.39 is 23.7 Å². The van der Waals surface area contributed by atoms with Crippen LogP contribution in [0.1, 0.15) is 24.8 Å². The van der Waals surface area contributed by atoms with E-state index in [9.17, 15) is 19.5 Å². The Bertz CT molecular complexity index is 633. The molecule has 0 aromatic heterocycles. The molecule has 6 nitrogen and oxygen atoms in total. The topological polar surface area (TPSA) is 83.9 Å². The van der Waals surface area contributed by atoms with E-state index in [0.717, 1.165) is 4.90 Å². The molecule has 0 spiro atoms. The summed E-state index contributed by atoms with van der Waals surface area (Å²) >= 11 is 6.17. The Hall–Kier alpha value is -1.92. The number of nitrogens with zero attached hydrogens (tertiary/aromatic N) is 1. The summed E-state index contributed by atoms with van der Waals surface area (Å²) < 4.78 is 4.93. The van der Waals surface area contributed by atoms with Gasteiger partial charge in [0.25, 0.3) is 0 Å². The third-order valence-corrected chi connectivity index (χ3v) is 4.31. The van der Waals surface area contributed by atoms with Crippen molar-refractivity contribution in [1.29, 1.82) is 0 Å². The van der Waals surface area contributed by atoms with Gasteiger partial charge in [-0.05, 0) is 18.1 Å². The van der Waals surface area contributed by atoms with E-state index in [1.54, 1.807) is 24.3 Å². The van der Waals surface area contributed by atoms with Crippen LogP contribution < -0.4 is 0 Å². The number of carbonyl (C=O) groups excluding carboxylic acids is 2. The number of carbonyl (C=O) groups is 3. The number of hydrogen-bond donors (Lipinski definition) is 1. The molecule has 1 aromatic carbocycles. The summed E-state index contributed by atoms with van der Waals surface area (Å²) in [5.41, 5.74) is -1.05. The predicted octanol–water partition coefficient (Wildman–Crippen LogP) is 1.85. The number of hydrogen-bond acceptors (Lipinski definition) is 4. The Morgan fingerprint density at radius 2 is 2.09 bits per heavy atom. The van der Waals surface area contributed by atoms with E-state index in [4.69, 9.17) is 16.3 Å². The molecule has 2 rings (SSSR count). The van der Waals surface area contributed by atoms with Gasteiger partial charge >= 0.3 is 5.97 Å². The summed E-state index contributed by atoms with van der Waals surface area (Å²) in [5.74, 6) is -2.04. The molecular formula is C16H18ClNO5. The van der Waals surface area contributed by atoms with Gasteiger partial charge in [0.15, 0.2) is 0 Å². The summed E-state index contributed by atoms with van der Waals surface area (Å²) in [6.45, 7) is 0.617. The number of carboxylic acids is 1. The number of ether oxygens (including phenoxy) is 1. The minimum Gasteiger partial charge on any atom is -0.481 e. The molecule has 1 aromatic rings. The van der Waals surface area contributed by atoms with Crippen molar-refractivity contribution >= 4 is 29.4 Å². The van der Waals surface area contributed by atoms with Crippen LogP contribution in [0, 0.1) is 0 Å². The highest BCUT2D eigenvalue weighted by Crippen LogP contribution is 2.42. The second-order valence-electron chi connectivity index (χ2n) is 5.51. The first-order chi connectivity index (χ1) is 10.9. The summed E-state index contributed by atoms with van der Waals surface area (Å²) in [4.78, 5) is 37.6. The molecule has 1 atom stereocenters. The van der Waals surface area contributed by atoms with Crippen molar-refractivity contribution in [2.24, 2.45) is 0 Å². The first kappa shape index (κ1) is 17.4. The second-order valence-corrected chi connectivity index (χ2v) is 5.91. The maximum absolute atomic E-state index is 12.9. The number of halogens is 1. The molecule has 1 heterocycles. The fourth-order valence-electron chi connectivity index (χ4n) is 2.95. The van der Waals surface area contributed by atoms with Crippen LogP contribution in [0.25, 0.3) is 0 Å². The molecule has 1 N–H and O–H groups in total. The fraction of sp³-hybridized carbons (Fsp3) is 0.438. The minimum atomic E-state index is -1.44. The van der Waals surface area contributed by atoms with Crippen LogP contribution in [-0.4, -0.2) is 48.1 Å². The molecular weight excluding hydrogens is 322 g/mol. The molecule has 1 fully saturated rings. The first-order valence-corrected chi connectivity index (χ1v) is 7.60. The van der Waals surface area contributed by atoms with Crippen molar-refractivity contribution in [3.05, 3.63) is 34.9 Å². The number of amides is 2. The first-order valence-electron chi connectivity index (χ1n) is 7.23. The van der Waals surface area contributed by atoms with Crippen LogP contribution >= 0.6 is 11.6 Å². The molecule has 7 heteroatoms. The second kappa shape index (κ2) is 7.10. The monoisotopic (exact) mass is 339 g/mol. The lowest BCUT2D eigenvalue weighted by Crippen LogP contribution is -2.40. The van der Waals surface area contributed by atoms with Crippen molar-refractivity contribution < 1.29 is 24.2 Å². The van der Waals surface area contributed by atoms with Gasteiger partial charge in [0, 0.05) is 31.7 Å². The van der Waals surface area contributed by atoms with Gasteiger partial charge in [0.2, 0.25) is 11.8 Å². The zero-order valence-corrected chi connectivity index (χ0v) is 13.5. The van der Waals surface area contributed by atoms with E-state index >= 15 is 0 Å². The molecule has 1 aliphatic heterocycles. The number of imide groups is 1. The van der Waals surface area contributed by atoms with E-state index in [1.807, 2.05) is 0 Å². The fourth-order valence-corrected chi connectivity index (χ4v) is 3.26. The molecule has 0 aliphatic carbocycles. The van der Waals surface area contributed by atoms with Crippen LogP contribution in [0.2, 0.25) is 5.02 Å². The molecule has 0 bridgehead atoms. The average Bonchev–Trinajstić information content (AvgIpc) is 2.72. The van der Waals surface area contributed by atoms with E-state index in [1.165, 1.54) is 7.11 Å².